The third-order valence-corrected chi connectivity index (χ3v) is 4.57. The summed E-state index contributed by atoms with van der Waals surface area (Å²) in [6.45, 7) is 0.910. The number of carbonyl (C=O) groups is 2. The van der Waals surface area contributed by atoms with Crippen LogP contribution < -0.4 is 4.90 Å². The summed E-state index contributed by atoms with van der Waals surface area (Å²) in [6.07, 6.45) is 0.331. The number of hydrogen-bond donors (Lipinski definition) is 0. The molecule has 3 rings (SSSR count). The van der Waals surface area contributed by atoms with E-state index >= 15 is 0 Å². The number of rotatable bonds is 2. The molecule has 0 bridgehead atoms. The number of fused-ring (bicyclic) bond motifs is 1. The fraction of sp³-hybridized carbons (Fsp3) is 0.385. The van der Waals surface area contributed by atoms with Gasteiger partial charge in [-0.25, -0.2) is 0 Å². The highest BCUT2D eigenvalue weighted by atomic mass is 35.5. The third kappa shape index (κ3) is 2.44. The van der Waals surface area contributed by atoms with Gasteiger partial charge in [-0.1, -0.05) is 11.6 Å². The first-order valence-corrected chi connectivity index (χ1v) is 7.63. The van der Waals surface area contributed by atoms with Crippen molar-refractivity contribution in [3.8, 4) is 0 Å². The van der Waals surface area contributed by atoms with Gasteiger partial charge in [-0.15, -0.1) is 11.8 Å². The summed E-state index contributed by atoms with van der Waals surface area (Å²) in [5.41, 5.74) is 1.72. The molecule has 0 saturated carbocycles. The summed E-state index contributed by atoms with van der Waals surface area (Å²) in [6, 6.07) is 5.36. The van der Waals surface area contributed by atoms with Gasteiger partial charge in [0.2, 0.25) is 11.8 Å². The molecule has 1 aromatic rings. The van der Waals surface area contributed by atoms with Crippen LogP contribution in [0.3, 0.4) is 0 Å². The van der Waals surface area contributed by atoms with Crippen LogP contribution in [0.25, 0.3) is 0 Å². The standard InChI is InChI=1S/C13H13ClN2O2S/c14-10-1-2-11-9(5-10)6-12(17)16(11)7-13(18)15-3-4-19-8-15/h1-2,5H,3-4,6-8H2. The minimum absolute atomic E-state index is 0.0150. The Hall–Kier alpha value is -1.20. The lowest BCUT2D eigenvalue weighted by Crippen LogP contribution is -2.40. The maximum Gasteiger partial charge on any atom is 0.243 e. The Morgan fingerprint density at radius 2 is 2.26 bits per heavy atom. The fourth-order valence-corrected chi connectivity index (χ4v) is 3.54. The second kappa shape index (κ2) is 5.06. The SMILES string of the molecule is O=C(CN1C(=O)Cc2cc(Cl)ccc21)N1CCSC1. The minimum Gasteiger partial charge on any atom is -0.331 e. The molecule has 0 aromatic heterocycles. The molecular formula is C13H13ClN2O2S. The van der Waals surface area contributed by atoms with E-state index in [4.69, 9.17) is 11.6 Å². The van der Waals surface area contributed by atoms with E-state index in [0.29, 0.717) is 11.4 Å². The van der Waals surface area contributed by atoms with E-state index in [1.807, 2.05) is 6.07 Å². The molecule has 19 heavy (non-hydrogen) atoms. The van der Waals surface area contributed by atoms with E-state index in [0.717, 1.165) is 29.4 Å². The average Bonchev–Trinajstić information content (AvgIpc) is 2.98. The van der Waals surface area contributed by atoms with Crippen molar-refractivity contribution in [1.82, 2.24) is 4.90 Å². The molecule has 2 heterocycles. The smallest absolute Gasteiger partial charge is 0.243 e. The third-order valence-electron chi connectivity index (χ3n) is 3.37. The van der Waals surface area contributed by atoms with Crippen LogP contribution in [0, 0.1) is 0 Å². The summed E-state index contributed by atoms with van der Waals surface area (Å²) in [5, 5.41) is 0.621. The quantitative estimate of drug-likeness (QED) is 0.835. The van der Waals surface area contributed by atoms with Crippen molar-refractivity contribution < 1.29 is 9.59 Å². The Labute approximate surface area is 120 Å². The van der Waals surface area contributed by atoms with E-state index in [1.54, 1.807) is 33.7 Å². The molecule has 2 aliphatic rings. The van der Waals surface area contributed by atoms with Crippen molar-refractivity contribution in [3.63, 3.8) is 0 Å². The lowest BCUT2D eigenvalue weighted by molar-refractivity contribution is -0.129. The number of halogens is 1. The Morgan fingerprint density at radius 3 is 3.00 bits per heavy atom. The van der Waals surface area contributed by atoms with Crippen molar-refractivity contribution in [1.29, 1.82) is 0 Å². The van der Waals surface area contributed by atoms with E-state index < -0.39 is 0 Å². The number of nitrogens with zero attached hydrogens (tertiary/aromatic N) is 2. The number of carbonyl (C=O) groups excluding carboxylic acids is 2. The number of hydrogen-bond acceptors (Lipinski definition) is 3. The highest BCUT2D eigenvalue weighted by molar-refractivity contribution is 7.99. The number of thioether (sulfide) groups is 1. The summed E-state index contributed by atoms with van der Waals surface area (Å²) < 4.78 is 0. The molecule has 0 unspecified atom stereocenters. The van der Waals surface area contributed by atoms with Gasteiger partial charge in [-0.2, -0.15) is 0 Å². The highest BCUT2D eigenvalue weighted by Gasteiger charge is 2.30. The van der Waals surface area contributed by atoms with Crippen molar-refractivity contribution in [3.05, 3.63) is 28.8 Å². The second-order valence-electron chi connectivity index (χ2n) is 4.62. The molecule has 6 heteroatoms. The minimum atomic E-state index is -0.0301. The monoisotopic (exact) mass is 296 g/mol. The van der Waals surface area contributed by atoms with Gasteiger partial charge in [0.05, 0.1) is 12.3 Å². The Bertz CT molecular complexity index is 543. The normalized spacial score (nSPS) is 18.1. The summed E-state index contributed by atoms with van der Waals surface area (Å²) in [4.78, 5) is 27.5. The summed E-state index contributed by atoms with van der Waals surface area (Å²) in [5.74, 6) is 1.69. The van der Waals surface area contributed by atoms with Gasteiger partial charge in [-0.05, 0) is 23.8 Å². The first-order chi connectivity index (χ1) is 9.15. The van der Waals surface area contributed by atoms with Crippen LogP contribution in [-0.2, 0) is 16.0 Å². The molecule has 1 fully saturated rings. The first kappa shape index (κ1) is 12.8. The first-order valence-electron chi connectivity index (χ1n) is 6.09. The largest absolute Gasteiger partial charge is 0.331 e. The van der Waals surface area contributed by atoms with Crippen LogP contribution in [0.2, 0.25) is 5.02 Å². The Morgan fingerprint density at radius 1 is 1.42 bits per heavy atom. The molecular weight excluding hydrogens is 284 g/mol. The fourth-order valence-electron chi connectivity index (χ4n) is 2.37. The molecule has 0 radical (unpaired) electrons. The topological polar surface area (TPSA) is 40.6 Å². The van der Waals surface area contributed by atoms with Gasteiger partial charge in [0.25, 0.3) is 0 Å². The van der Waals surface area contributed by atoms with E-state index in [-0.39, 0.29) is 18.4 Å². The molecule has 2 aliphatic heterocycles. The van der Waals surface area contributed by atoms with Gasteiger partial charge in [0.1, 0.15) is 6.54 Å². The molecule has 0 N–H and O–H groups in total. The molecule has 0 atom stereocenters. The van der Waals surface area contributed by atoms with Gasteiger partial charge in [0, 0.05) is 23.0 Å². The zero-order valence-corrected chi connectivity index (χ0v) is 11.8. The van der Waals surface area contributed by atoms with Crippen molar-refractivity contribution >= 4 is 40.9 Å². The van der Waals surface area contributed by atoms with Crippen LogP contribution in [0.1, 0.15) is 5.56 Å². The van der Waals surface area contributed by atoms with Crippen molar-refractivity contribution in [2.45, 2.75) is 6.42 Å². The van der Waals surface area contributed by atoms with E-state index in [2.05, 4.69) is 0 Å². The number of amides is 2. The van der Waals surface area contributed by atoms with Crippen LogP contribution in [0.15, 0.2) is 18.2 Å². The lowest BCUT2D eigenvalue weighted by Gasteiger charge is -2.21. The molecule has 4 nitrogen and oxygen atoms in total. The molecule has 0 spiro atoms. The zero-order chi connectivity index (χ0) is 13.4. The Balaban J connectivity index is 1.78. The van der Waals surface area contributed by atoms with Crippen LogP contribution in [-0.4, -0.2) is 41.4 Å². The average molecular weight is 297 g/mol. The van der Waals surface area contributed by atoms with Crippen LogP contribution in [0.4, 0.5) is 5.69 Å². The number of benzene rings is 1. The molecule has 1 aromatic carbocycles. The molecule has 1 saturated heterocycles. The zero-order valence-electron chi connectivity index (χ0n) is 10.3. The number of anilines is 1. The molecule has 0 aliphatic carbocycles. The van der Waals surface area contributed by atoms with Gasteiger partial charge >= 0.3 is 0 Å². The van der Waals surface area contributed by atoms with Gasteiger partial charge < -0.3 is 9.80 Å². The maximum atomic E-state index is 12.1. The van der Waals surface area contributed by atoms with E-state index in [1.165, 1.54) is 0 Å². The predicted molar refractivity (Wildman–Crippen MR) is 76.5 cm³/mol. The predicted octanol–water partition coefficient (Wildman–Crippen LogP) is 1.76. The van der Waals surface area contributed by atoms with Crippen LogP contribution >= 0.6 is 23.4 Å². The second-order valence-corrected chi connectivity index (χ2v) is 6.14. The van der Waals surface area contributed by atoms with Crippen molar-refractivity contribution in [2.24, 2.45) is 0 Å². The van der Waals surface area contributed by atoms with Crippen LogP contribution in [0.5, 0.6) is 0 Å². The van der Waals surface area contributed by atoms with Gasteiger partial charge in [-0.3, -0.25) is 9.59 Å². The van der Waals surface area contributed by atoms with Gasteiger partial charge in [0.15, 0.2) is 0 Å². The summed E-state index contributed by atoms with van der Waals surface area (Å²) in [7, 11) is 0. The summed E-state index contributed by atoms with van der Waals surface area (Å²) >= 11 is 7.66. The highest BCUT2D eigenvalue weighted by Crippen LogP contribution is 2.31. The molecule has 100 valence electrons. The maximum absolute atomic E-state index is 12.1. The van der Waals surface area contributed by atoms with Crippen molar-refractivity contribution in [2.75, 3.05) is 29.6 Å². The molecule has 2 amide bonds. The van der Waals surface area contributed by atoms with E-state index in [9.17, 15) is 9.59 Å². The Kier molecular flexibility index (Phi) is 3.41. The lowest BCUT2D eigenvalue weighted by atomic mass is 10.2.